The lowest BCUT2D eigenvalue weighted by Crippen LogP contribution is -2.21. The molecule has 1 aliphatic heterocycles. The highest BCUT2D eigenvalue weighted by molar-refractivity contribution is 5.45. The average molecular weight is 368 g/mol. The van der Waals surface area contributed by atoms with E-state index in [0.29, 0.717) is 11.6 Å². The van der Waals surface area contributed by atoms with Crippen LogP contribution in [0.2, 0.25) is 0 Å². The number of aromatic nitrogens is 3. The van der Waals surface area contributed by atoms with Gasteiger partial charge in [-0.25, -0.2) is 9.50 Å². The molecule has 4 rings (SSSR count). The number of nitrogens with zero attached hydrogens (tertiary/aromatic N) is 3. The Kier molecular flexibility index (Phi) is 4.61. The van der Waals surface area contributed by atoms with E-state index in [-0.39, 0.29) is 5.56 Å². The van der Waals surface area contributed by atoms with Gasteiger partial charge in [0.1, 0.15) is 11.5 Å². The predicted molar refractivity (Wildman–Crippen MR) is 103 cm³/mol. The number of fused-ring (bicyclic) bond motifs is 1. The van der Waals surface area contributed by atoms with Crippen LogP contribution < -0.4 is 15.0 Å². The van der Waals surface area contributed by atoms with Gasteiger partial charge in [-0.1, -0.05) is 6.07 Å². The third kappa shape index (κ3) is 3.30. The van der Waals surface area contributed by atoms with Crippen molar-refractivity contribution < 1.29 is 9.47 Å². The summed E-state index contributed by atoms with van der Waals surface area (Å²) in [7, 11) is 3.37. The van der Waals surface area contributed by atoms with Crippen molar-refractivity contribution in [2.75, 3.05) is 27.3 Å². The van der Waals surface area contributed by atoms with E-state index in [2.05, 4.69) is 15.0 Å². The van der Waals surface area contributed by atoms with Gasteiger partial charge in [0, 0.05) is 42.5 Å². The number of hydrogen-bond donors (Lipinski definition) is 1. The molecule has 0 unspecified atom stereocenters. The molecule has 1 atom stereocenters. The molecule has 1 N–H and O–H groups in total. The van der Waals surface area contributed by atoms with E-state index < -0.39 is 0 Å². The van der Waals surface area contributed by atoms with Crippen LogP contribution in [0.1, 0.15) is 29.3 Å². The van der Waals surface area contributed by atoms with Crippen molar-refractivity contribution in [3.05, 3.63) is 57.6 Å². The Morgan fingerprint density at radius 3 is 2.67 bits per heavy atom. The molecule has 3 aromatic rings. The van der Waals surface area contributed by atoms with Gasteiger partial charge < -0.3 is 9.47 Å². The largest absolute Gasteiger partial charge is 0.496 e. The molecular formula is C20H24N4O3. The lowest BCUT2D eigenvalue weighted by Gasteiger charge is -2.19. The van der Waals surface area contributed by atoms with Crippen molar-refractivity contribution in [1.29, 1.82) is 0 Å². The van der Waals surface area contributed by atoms with Gasteiger partial charge in [-0.2, -0.15) is 0 Å². The number of ether oxygens (including phenoxy) is 2. The van der Waals surface area contributed by atoms with Crippen LogP contribution in [0.4, 0.5) is 0 Å². The molecule has 0 aliphatic carbocycles. The highest BCUT2D eigenvalue weighted by Gasteiger charge is 2.27. The molecule has 2 aromatic heterocycles. The molecule has 0 radical (unpaired) electrons. The molecule has 0 bridgehead atoms. The van der Waals surface area contributed by atoms with E-state index in [1.807, 2.05) is 31.2 Å². The molecule has 142 valence electrons. The number of likely N-dealkylation sites (tertiary alicyclic amines) is 1. The van der Waals surface area contributed by atoms with Gasteiger partial charge in [-0.15, -0.1) is 0 Å². The van der Waals surface area contributed by atoms with Crippen LogP contribution in [-0.4, -0.2) is 46.8 Å². The lowest BCUT2D eigenvalue weighted by molar-refractivity contribution is 0.305. The minimum Gasteiger partial charge on any atom is -0.496 e. The molecule has 0 saturated carbocycles. The second-order valence-electron chi connectivity index (χ2n) is 7.00. The van der Waals surface area contributed by atoms with Gasteiger partial charge >= 0.3 is 0 Å². The van der Waals surface area contributed by atoms with Crippen molar-refractivity contribution in [2.45, 2.75) is 25.8 Å². The van der Waals surface area contributed by atoms with E-state index in [4.69, 9.17) is 9.47 Å². The number of hydrogen-bond acceptors (Lipinski definition) is 5. The predicted octanol–water partition coefficient (Wildman–Crippen LogP) is 2.34. The van der Waals surface area contributed by atoms with Gasteiger partial charge in [-0.3, -0.25) is 14.8 Å². The standard InChI is InChI=1S/C20H24N4O3/c1-13-9-20(25)24-19(21-13)10-16(22-24)14-7-8-23(11-14)12-15-17(26-2)5-4-6-18(15)27-3/h4-6,9-10,14,22H,7-8,11-12H2,1-3H3/t14-/m1/s1. The highest BCUT2D eigenvalue weighted by Crippen LogP contribution is 2.33. The quantitative estimate of drug-likeness (QED) is 0.748. The molecule has 1 saturated heterocycles. The van der Waals surface area contributed by atoms with Crippen molar-refractivity contribution in [1.82, 2.24) is 19.5 Å². The number of nitrogens with one attached hydrogen (secondary N) is 1. The first-order valence-corrected chi connectivity index (χ1v) is 9.10. The Morgan fingerprint density at radius 2 is 1.96 bits per heavy atom. The van der Waals surface area contributed by atoms with Crippen LogP contribution in [-0.2, 0) is 6.54 Å². The third-order valence-corrected chi connectivity index (χ3v) is 5.22. The minimum atomic E-state index is -0.0719. The van der Waals surface area contributed by atoms with Crippen LogP contribution >= 0.6 is 0 Å². The van der Waals surface area contributed by atoms with Gasteiger partial charge in [0.15, 0.2) is 5.65 Å². The van der Waals surface area contributed by atoms with E-state index in [0.717, 1.165) is 54.5 Å². The van der Waals surface area contributed by atoms with Crippen molar-refractivity contribution in [3.63, 3.8) is 0 Å². The number of aryl methyl sites for hydroxylation is 1. The molecule has 7 heteroatoms. The first kappa shape index (κ1) is 17.6. The maximum atomic E-state index is 12.1. The van der Waals surface area contributed by atoms with Crippen LogP contribution in [0.3, 0.4) is 0 Å². The third-order valence-electron chi connectivity index (χ3n) is 5.22. The Hall–Kier alpha value is -2.80. The summed E-state index contributed by atoms with van der Waals surface area (Å²) in [5.41, 5.74) is 3.46. The van der Waals surface area contributed by atoms with E-state index in [1.165, 1.54) is 4.52 Å². The molecule has 7 nitrogen and oxygen atoms in total. The minimum absolute atomic E-state index is 0.0719. The van der Waals surface area contributed by atoms with Crippen molar-refractivity contribution >= 4 is 5.65 Å². The van der Waals surface area contributed by atoms with Crippen molar-refractivity contribution in [3.8, 4) is 11.5 Å². The van der Waals surface area contributed by atoms with Crippen LogP contribution in [0.15, 0.2) is 35.1 Å². The Morgan fingerprint density at radius 1 is 1.22 bits per heavy atom. The molecule has 27 heavy (non-hydrogen) atoms. The number of rotatable bonds is 5. The number of benzene rings is 1. The second-order valence-corrected chi connectivity index (χ2v) is 7.00. The fourth-order valence-electron chi connectivity index (χ4n) is 3.88. The van der Waals surface area contributed by atoms with Crippen LogP contribution in [0.5, 0.6) is 11.5 Å². The zero-order valence-electron chi connectivity index (χ0n) is 15.9. The topological polar surface area (TPSA) is 71.9 Å². The zero-order valence-corrected chi connectivity index (χ0v) is 15.9. The van der Waals surface area contributed by atoms with Gasteiger partial charge in [0.05, 0.1) is 19.8 Å². The lowest BCUT2D eigenvalue weighted by atomic mass is 10.1. The van der Waals surface area contributed by atoms with Gasteiger partial charge in [0.2, 0.25) is 0 Å². The van der Waals surface area contributed by atoms with Gasteiger partial charge in [-0.05, 0) is 32.0 Å². The summed E-state index contributed by atoms with van der Waals surface area (Å²) in [4.78, 5) is 19.0. The molecule has 0 spiro atoms. The normalized spacial score (nSPS) is 17.5. The molecule has 1 aliphatic rings. The average Bonchev–Trinajstić information content (AvgIpc) is 3.28. The monoisotopic (exact) mass is 368 g/mol. The summed E-state index contributed by atoms with van der Waals surface area (Å²) < 4.78 is 12.6. The maximum absolute atomic E-state index is 12.1. The molecule has 1 fully saturated rings. The van der Waals surface area contributed by atoms with E-state index >= 15 is 0 Å². The summed E-state index contributed by atoms with van der Waals surface area (Å²) in [6.45, 7) is 4.48. The smallest absolute Gasteiger partial charge is 0.272 e. The van der Waals surface area contributed by atoms with E-state index in [1.54, 1.807) is 20.3 Å². The van der Waals surface area contributed by atoms with E-state index in [9.17, 15) is 4.79 Å². The number of H-pyrrole nitrogens is 1. The van der Waals surface area contributed by atoms with Crippen LogP contribution in [0, 0.1) is 6.92 Å². The summed E-state index contributed by atoms with van der Waals surface area (Å²) in [5.74, 6) is 2.02. The fourth-order valence-corrected chi connectivity index (χ4v) is 3.88. The molecular weight excluding hydrogens is 344 g/mol. The second kappa shape index (κ2) is 7.08. The number of methoxy groups -OCH3 is 2. The molecule has 0 amide bonds. The summed E-state index contributed by atoms with van der Waals surface area (Å²) in [6, 6.07) is 9.40. The Bertz CT molecular complexity index is 1000. The summed E-state index contributed by atoms with van der Waals surface area (Å²) >= 11 is 0. The summed E-state index contributed by atoms with van der Waals surface area (Å²) in [5, 5.41) is 3.23. The highest BCUT2D eigenvalue weighted by atomic mass is 16.5. The maximum Gasteiger partial charge on any atom is 0.272 e. The van der Waals surface area contributed by atoms with Crippen LogP contribution in [0.25, 0.3) is 5.65 Å². The Balaban J connectivity index is 1.55. The molecule has 3 heterocycles. The van der Waals surface area contributed by atoms with Crippen molar-refractivity contribution in [2.24, 2.45) is 0 Å². The fraction of sp³-hybridized carbons (Fsp3) is 0.400. The zero-order chi connectivity index (χ0) is 19.0. The molecule has 1 aromatic carbocycles. The summed E-state index contributed by atoms with van der Waals surface area (Å²) in [6.07, 6.45) is 1.03. The Labute approximate surface area is 157 Å². The number of aromatic amines is 1. The first-order valence-electron chi connectivity index (χ1n) is 9.10. The van der Waals surface area contributed by atoms with Gasteiger partial charge in [0.25, 0.3) is 5.56 Å². The SMILES string of the molecule is COc1cccc(OC)c1CN1CC[C@@H](c2cc3nc(C)cc(=O)n3[nH]2)C1. The first-order chi connectivity index (χ1) is 13.1.